The number of ether oxygens (including phenoxy) is 1. The first-order chi connectivity index (χ1) is 10.6. The van der Waals surface area contributed by atoms with Gasteiger partial charge in [-0.1, -0.05) is 6.07 Å². The summed E-state index contributed by atoms with van der Waals surface area (Å²) in [7, 11) is 1.64. The van der Waals surface area contributed by atoms with Crippen molar-refractivity contribution in [3.63, 3.8) is 0 Å². The molecular weight excluding hydrogens is 348 g/mol. The fourth-order valence-electron chi connectivity index (χ4n) is 2.71. The summed E-state index contributed by atoms with van der Waals surface area (Å²) in [6.07, 6.45) is 0. The van der Waals surface area contributed by atoms with E-state index in [1.807, 2.05) is 30.0 Å². The Labute approximate surface area is 137 Å². The molecule has 0 saturated carbocycles. The van der Waals surface area contributed by atoms with Crippen molar-refractivity contribution in [3.8, 4) is 0 Å². The third-order valence-corrected chi connectivity index (χ3v) is 4.08. The highest BCUT2D eigenvalue weighted by Gasteiger charge is 2.33. The van der Waals surface area contributed by atoms with Gasteiger partial charge in [0, 0.05) is 18.9 Å². The molecule has 1 aliphatic heterocycles. The van der Waals surface area contributed by atoms with Gasteiger partial charge in [-0.3, -0.25) is 14.5 Å². The second-order valence-corrected chi connectivity index (χ2v) is 6.16. The summed E-state index contributed by atoms with van der Waals surface area (Å²) >= 11 is 3.33. The van der Waals surface area contributed by atoms with Crippen LogP contribution in [0.25, 0.3) is 0 Å². The molecule has 1 aliphatic rings. The lowest BCUT2D eigenvalue weighted by atomic mass is 10.1. The maximum Gasteiger partial charge on any atom is 0.272 e. The van der Waals surface area contributed by atoms with Crippen molar-refractivity contribution < 1.29 is 9.53 Å². The molecular formula is C15H17BrN4O2. The van der Waals surface area contributed by atoms with Crippen LogP contribution in [0, 0.1) is 6.92 Å². The van der Waals surface area contributed by atoms with E-state index in [9.17, 15) is 4.79 Å². The number of carbonyl (C=O) groups excluding carboxylic acids is 1. The molecule has 0 aliphatic carbocycles. The van der Waals surface area contributed by atoms with Crippen LogP contribution in [-0.4, -0.2) is 45.3 Å². The molecule has 1 amide bonds. The molecule has 22 heavy (non-hydrogen) atoms. The van der Waals surface area contributed by atoms with E-state index in [0.29, 0.717) is 30.0 Å². The van der Waals surface area contributed by atoms with Gasteiger partial charge < -0.3 is 9.64 Å². The van der Waals surface area contributed by atoms with Gasteiger partial charge in [-0.05, 0) is 35.0 Å². The van der Waals surface area contributed by atoms with Crippen LogP contribution in [0.4, 0.5) is 0 Å². The quantitative estimate of drug-likeness (QED) is 0.832. The molecule has 3 heterocycles. The Hall–Kier alpha value is -1.73. The van der Waals surface area contributed by atoms with Crippen LogP contribution in [0.5, 0.6) is 0 Å². The van der Waals surface area contributed by atoms with Gasteiger partial charge >= 0.3 is 0 Å². The van der Waals surface area contributed by atoms with Gasteiger partial charge in [0.2, 0.25) is 0 Å². The molecule has 7 heteroatoms. The Morgan fingerprint density at radius 3 is 3.00 bits per heavy atom. The lowest BCUT2D eigenvalue weighted by molar-refractivity contribution is 0.0368. The third-order valence-electron chi connectivity index (χ3n) is 3.69. The summed E-state index contributed by atoms with van der Waals surface area (Å²) in [6.45, 7) is 3.50. The number of carbonyl (C=O) groups is 1. The van der Waals surface area contributed by atoms with Crippen molar-refractivity contribution in [1.29, 1.82) is 0 Å². The van der Waals surface area contributed by atoms with Gasteiger partial charge in [-0.25, -0.2) is 0 Å². The predicted octanol–water partition coefficient (Wildman–Crippen LogP) is 2.02. The summed E-state index contributed by atoms with van der Waals surface area (Å²) in [4.78, 5) is 19.1. The first-order valence-electron chi connectivity index (χ1n) is 7.04. The average molecular weight is 365 g/mol. The topological polar surface area (TPSA) is 60.3 Å². The highest BCUT2D eigenvalue weighted by Crippen LogP contribution is 2.22. The Morgan fingerprint density at radius 1 is 1.45 bits per heavy atom. The summed E-state index contributed by atoms with van der Waals surface area (Å²) < 4.78 is 7.68. The molecule has 0 bridgehead atoms. The highest BCUT2D eigenvalue weighted by atomic mass is 79.9. The second-order valence-electron chi connectivity index (χ2n) is 5.35. The second kappa shape index (κ2) is 6.18. The number of halogens is 1. The lowest BCUT2D eigenvalue weighted by Gasteiger charge is -2.35. The smallest absolute Gasteiger partial charge is 0.272 e. The molecule has 2 aromatic rings. The zero-order valence-corrected chi connectivity index (χ0v) is 14.1. The molecule has 0 saturated heterocycles. The number of pyridine rings is 1. The van der Waals surface area contributed by atoms with Crippen LogP contribution < -0.4 is 0 Å². The molecule has 0 radical (unpaired) electrons. The Morgan fingerprint density at radius 2 is 2.27 bits per heavy atom. The van der Waals surface area contributed by atoms with Gasteiger partial charge in [0.05, 0.1) is 31.4 Å². The minimum absolute atomic E-state index is 0.0465. The van der Waals surface area contributed by atoms with E-state index in [1.165, 1.54) is 0 Å². The number of hydrogen-bond acceptors (Lipinski definition) is 4. The van der Waals surface area contributed by atoms with Gasteiger partial charge in [0.1, 0.15) is 10.3 Å². The van der Waals surface area contributed by atoms with E-state index in [-0.39, 0.29) is 11.9 Å². The van der Waals surface area contributed by atoms with Gasteiger partial charge in [0.25, 0.3) is 5.91 Å². The van der Waals surface area contributed by atoms with Crippen LogP contribution in [0.15, 0.2) is 28.9 Å². The molecule has 0 aromatic carbocycles. The van der Waals surface area contributed by atoms with Crippen LogP contribution >= 0.6 is 15.9 Å². The summed E-state index contributed by atoms with van der Waals surface area (Å²) in [6, 6.07) is 7.53. The number of aryl methyl sites for hydroxylation is 1. The zero-order valence-electron chi connectivity index (χ0n) is 12.5. The minimum atomic E-state index is -0.0564. The molecule has 0 N–H and O–H groups in total. The Bertz CT molecular complexity index is 701. The molecule has 1 atom stereocenters. The Balaban J connectivity index is 1.91. The van der Waals surface area contributed by atoms with Crippen molar-refractivity contribution in [3.05, 3.63) is 46.0 Å². The maximum absolute atomic E-state index is 12.8. The van der Waals surface area contributed by atoms with Crippen molar-refractivity contribution in [1.82, 2.24) is 19.7 Å². The van der Waals surface area contributed by atoms with E-state index < -0.39 is 0 Å². The predicted molar refractivity (Wildman–Crippen MR) is 84.4 cm³/mol. The molecule has 0 spiro atoms. The van der Waals surface area contributed by atoms with Crippen LogP contribution in [0.1, 0.15) is 21.9 Å². The van der Waals surface area contributed by atoms with Crippen LogP contribution in [0.3, 0.4) is 0 Å². The number of fused-ring (bicyclic) bond motifs is 1. The minimum Gasteiger partial charge on any atom is -0.382 e. The number of nitrogens with zero attached hydrogens (tertiary/aromatic N) is 4. The normalized spacial score (nSPS) is 17.7. The van der Waals surface area contributed by atoms with Crippen LogP contribution in [-0.2, 0) is 17.8 Å². The van der Waals surface area contributed by atoms with Crippen molar-refractivity contribution in [2.75, 3.05) is 13.7 Å². The summed E-state index contributed by atoms with van der Waals surface area (Å²) in [5.41, 5.74) is 2.41. The van der Waals surface area contributed by atoms with Crippen molar-refractivity contribution >= 4 is 21.8 Å². The lowest BCUT2D eigenvalue weighted by Crippen LogP contribution is -2.49. The van der Waals surface area contributed by atoms with Gasteiger partial charge in [0.15, 0.2) is 0 Å². The van der Waals surface area contributed by atoms with E-state index >= 15 is 0 Å². The summed E-state index contributed by atoms with van der Waals surface area (Å²) in [5.74, 6) is -0.0465. The molecule has 2 aromatic heterocycles. The SMILES string of the molecule is COC[C@H]1Cn2nc(Br)cc2C(=O)N1Cc1cccc(C)n1. The van der Waals surface area contributed by atoms with E-state index in [1.54, 1.807) is 17.9 Å². The number of methoxy groups -OCH3 is 1. The first kappa shape index (κ1) is 15.2. The number of hydrogen-bond donors (Lipinski definition) is 0. The first-order valence-corrected chi connectivity index (χ1v) is 7.83. The van der Waals surface area contributed by atoms with Gasteiger partial charge in [-0.15, -0.1) is 0 Å². The number of amides is 1. The number of aromatic nitrogens is 3. The zero-order chi connectivity index (χ0) is 15.7. The largest absolute Gasteiger partial charge is 0.382 e. The fourth-order valence-corrected chi connectivity index (χ4v) is 3.11. The third kappa shape index (κ3) is 2.91. The van der Waals surface area contributed by atoms with Crippen molar-refractivity contribution in [2.45, 2.75) is 26.1 Å². The molecule has 6 nitrogen and oxygen atoms in total. The van der Waals surface area contributed by atoms with Crippen molar-refractivity contribution in [2.24, 2.45) is 0 Å². The number of rotatable bonds is 4. The molecule has 3 rings (SSSR count). The van der Waals surface area contributed by atoms with Crippen LogP contribution in [0.2, 0.25) is 0 Å². The van der Waals surface area contributed by atoms with E-state index in [4.69, 9.17) is 4.74 Å². The molecule has 116 valence electrons. The molecule has 0 fully saturated rings. The highest BCUT2D eigenvalue weighted by molar-refractivity contribution is 9.10. The monoisotopic (exact) mass is 364 g/mol. The van der Waals surface area contributed by atoms with E-state index in [0.717, 1.165) is 11.4 Å². The summed E-state index contributed by atoms with van der Waals surface area (Å²) in [5, 5.41) is 4.30. The average Bonchev–Trinajstić information content (AvgIpc) is 2.84. The van der Waals surface area contributed by atoms with E-state index in [2.05, 4.69) is 26.0 Å². The molecule has 0 unspecified atom stereocenters. The Kier molecular flexibility index (Phi) is 4.26. The standard InChI is InChI=1S/C15H17BrN4O2/c1-10-4-3-5-11(17-10)7-19-12(9-22-2)8-20-13(15(19)21)6-14(16)18-20/h3-6,12H,7-9H2,1-2H3/t12-/m1/s1. The van der Waals surface area contributed by atoms with Gasteiger partial charge in [-0.2, -0.15) is 5.10 Å². The maximum atomic E-state index is 12.8. The fraction of sp³-hybridized carbons (Fsp3) is 0.400.